The molecule has 246 valence electrons. The second-order valence-electron chi connectivity index (χ2n) is 14.2. The maximum Gasteiger partial charge on any atom is 0.245 e. The number of carbonyl (C=O) groups excluding carboxylic acids is 4. The van der Waals surface area contributed by atoms with Crippen molar-refractivity contribution in [3.63, 3.8) is 0 Å². The Bertz CT molecular complexity index is 1700. The Labute approximate surface area is 271 Å². The fourth-order valence-electron chi connectivity index (χ4n) is 7.08. The minimum atomic E-state index is -0.987. The topological polar surface area (TPSA) is 139 Å². The zero-order valence-corrected chi connectivity index (χ0v) is 28.3. The van der Waals surface area contributed by atoms with Gasteiger partial charge >= 0.3 is 0 Å². The summed E-state index contributed by atoms with van der Waals surface area (Å²) in [6.45, 7) is 3.71. The predicted molar refractivity (Wildman–Crippen MR) is 180 cm³/mol. The maximum absolute atomic E-state index is 14.3. The Balaban J connectivity index is 1.41. The Hall–Kier alpha value is -3.80. The summed E-state index contributed by atoms with van der Waals surface area (Å²) in [7, 11) is -0.987. The zero-order valence-electron chi connectivity index (χ0n) is 27.5. The first-order chi connectivity index (χ1) is 21.8. The number of amides is 3. The highest BCUT2D eigenvalue weighted by atomic mass is 32.3. The number of rotatable bonds is 5. The minimum absolute atomic E-state index is 0.0260. The van der Waals surface area contributed by atoms with Crippen LogP contribution in [0.4, 0.5) is 0 Å². The van der Waals surface area contributed by atoms with Gasteiger partial charge in [-0.1, -0.05) is 12.8 Å². The van der Waals surface area contributed by atoms with Crippen molar-refractivity contribution in [3.8, 4) is 11.1 Å². The molecule has 12 heteroatoms. The van der Waals surface area contributed by atoms with Crippen molar-refractivity contribution in [3.05, 3.63) is 41.6 Å². The first kappa shape index (κ1) is 32.2. The van der Waals surface area contributed by atoms with Crippen molar-refractivity contribution >= 4 is 44.4 Å². The van der Waals surface area contributed by atoms with E-state index in [2.05, 4.69) is 45.4 Å². The van der Waals surface area contributed by atoms with E-state index in [9.17, 15) is 19.2 Å². The lowest BCUT2D eigenvalue weighted by Gasteiger charge is -2.30. The largest absolute Gasteiger partial charge is 0.355 e. The van der Waals surface area contributed by atoms with E-state index >= 15 is 0 Å². The molecule has 3 atom stereocenters. The van der Waals surface area contributed by atoms with Crippen LogP contribution in [0.5, 0.6) is 0 Å². The molecule has 2 N–H and O–H groups in total. The van der Waals surface area contributed by atoms with Crippen molar-refractivity contribution in [2.24, 2.45) is 5.41 Å². The molecule has 0 radical (unpaired) electrons. The standard InChI is InChI=1S/C34H45N7O4S/c1-21(42)31-26-13-24(25-16-35-22(2)36-17-25)12-23-10-8-6-7-9-11-29(43)37-19-34-14-27(33(45)38-20-46(3,4)5)41(28(34)15-34)30(44)18-40(39-31)32(23)26/h12-13,16-17,27-28H,6-11,14-15,18-20H2,1-5H3,(H,37,43)(H,38,45)/t27-,28+,34-/m0/s1. The molecule has 6 rings (SSSR count). The van der Waals surface area contributed by atoms with Crippen LogP contribution < -0.4 is 10.6 Å². The van der Waals surface area contributed by atoms with Crippen LogP contribution in [0, 0.1) is 12.3 Å². The fraction of sp³-hybridized carbons (Fsp3) is 0.559. The summed E-state index contributed by atoms with van der Waals surface area (Å²) >= 11 is 0. The van der Waals surface area contributed by atoms with Crippen LogP contribution in [0.2, 0.25) is 0 Å². The molecule has 3 amide bonds. The molecule has 1 saturated carbocycles. The first-order valence-electron chi connectivity index (χ1n) is 16.2. The number of hydrogen-bond acceptors (Lipinski definition) is 7. The molecular formula is C34H45N7O4S. The van der Waals surface area contributed by atoms with Crippen LogP contribution in [-0.2, 0) is 27.3 Å². The van der Waals surface area contributed by atoms with Crippen LogP contribution in [0.3, 0.4) is 0 Å². The van der Waals surface area contributed by atoms with E-state index in [4.69, 9.17) is 5.10 Å². The summed E-state index contributed by atoms with van der Waals surface area (Å²) < 4.78 is 1.68. The Morgan fingerprint density at radius 1 is 1.02 bits per heavy atom. The monoisotopic (exact) mass is 647 g/mol. The third kappa shape index (κ3) is 6.54. The predicted octanol–water partition coefficient (Wildman–Crippen LogP) is 3.75. The van der Waals surface area contributed by atoms with Gasteiger partial charge in [-0.15, -0.1) is 0 Å². The fourth-order valence-corrected chi connectivity index (χ4v) is 7.65. The van der Waals surface area contributed by atoms with Gasteiger partial charge in [0, 0.05) is 60.6 Å². The minimum Gasteiger partial charge on any atom is -0.355 e. The van der Waals surface area contributed by atoms with Gasteiger partial charge in [0.1, 0.15) is 24.1 Å². The molecule has 3 aromatic rings. The molecule has 11 nitrogen and oxygen atoms in total. The molecule has 1 aromatic carbocycles. The van der Waals surface area contributed by atoms with Crippen LogP contribution in [-0.4, -0.2) is 91.4 Å². The van der Waals surface area contributed by atoms with E-state index in [0.29, 0.717) is 42.2 Å². The number of ketones is 1. The summed E-state index contributed by atoms with van der Waals surface area (Å²) in [5, 5.41) is 11.7. The molecule has 2 fully saturated rings. The molecule has 1 aliphatic carbocycles. The number of aromatic nitrogens is 4. The maximum atomic E-state index is 14.3. The van der Waals surface area contributed by atoms with Gasteiger partial charge in [-0.2, -0.15) is 5.10 Å². The quantitative estimate of drug-likeness (QED) is 0.402. The Morgan fingerprint density at radius 2 is 1.74 bits per heavy atom. The second-order valence-corrected chi connectivity index (χ2v) is 18.7. The van der Waals surface area contributed by atoms with Gasteiger partial charge in [-0.3, -0.25) is 23.9 Å². The number of aryl methyl sites for hydroxylation is 2. The van der Waals surface area contributed by atoms with Gasteiger partial charge in [-0.25, -0.2) is 20.0 Å². The lowest BCUT2D eigenvalue weighted by molar-refractivity contribution is -0.140. The number of carbonyl (C=O) groups is 4. The molecule has 1 saturated heterocycles. The molecular weight excluding hydrogens is 602 g/mol. The summed E-state index contributed by atoms with van der Waals surface area (Å²) in [5.41, 5.74) is 3.51. The normalized spacial score (nSPS) is 24.2. The third-order valence-corrected chi connectivity index (χ3v) is 10.6. The van der Waals surface area contributed by atoms with Crippen LogP contribution >= 0.6 is 10.0 Å². The SMILES string of the molecule is CC(=O)c1nn2c3c(cc(-c4cnc(C)nc4)cc13)CCCCCCC(=O)NC[C@@]13C[C@@H](C(=O)NCS(C)(C)C)N(C(=O)C2)[C@@H]1C3. The Kier molecular flexibility index (Phi) is 8.69. The lowest BCUT2D eigenvalue weighted by atomic mass is 9.96. The second kappa shape index (κ2) is 12.4. The summed E-state index contributed by atoms with van der Waals surface area (Å²) in [5.74, 6) is 0.738. The number of nitrogens with one attached hydrogen (secondary N) is 2. The van der Waals surface area contributed by atoms with Crippen molar-refractivity contribution in [1.82, 2.24) is 35.3 Å². The van der Waals surface area contributed by atoms with Crippen LogP contribution in [0.1, 0.15) is 73.7 Å². The number of hydrogen-bond donors (Lipinski definition) is 2. The smallest absolute Gasteiger partial charge is 0.245 e. The van der Waals surface area contributed by atoms with Gasteiger partial charge in [0.05, 0.1) is 5.52 Å². The van der Waals surface area contributed by atoms with Crippen molar-refractivity contribution < 1.29 is 19.2 Å². The van der Waals surface area contributed by atoms with Crippen LogP contribution in [0.25, 0.3) is 22.0 Å². The van der Waals surface area contributed by atoms with Gasteiger partial charge in [0.25, 0.3) is 0 Å². The van der Waals surface area contributed by atoms with Crippen LogP contribution in [0.15, 0.2) is 24.5 Å². The number of Topliss-reactive ketones (excluding diaryl/α,β-unsaturated/α-hetero) is 1. The van der Waals surface area contributed by atoms with E-state index in [1.165, 1.54) is 6.92 Å². The van der Waals surface area contributed by atoms with Gasteiger partial charge in [0.15, 0.2) is 5.78 Å². The summed E-state index contributed by atoms with van der Waals surface area (Å²) in [6, 6.07) is 3.29. The van der Waals surface area contributed by atoms with E-state index in [1.807, 2.05) is 13.0 Å². The molecule has 4 heterocycles. The molecule has 2 aliphatic heterocycles. The average Bonchev–Trinajstić information content (AvgIpc) is 3.41. The molecule has 0 unspecified atom stereocenters. The molecule has 2 bridgehead atoms. The zero-order chi connectivity index (χ0) is 32.8. The molecule has 0 spiro atoms. The number of benzene rings is 1. The highest BCUT2D eigenvalue weighted by Gasteiger charge is 2.67. The highest BCUT2D eigenvalue weighted by molar-refractivity contribution is 8.32. The van der Waals surface area contributed by atoms with E-state index < -0.39 is 16.1 Å². The van der Waals surface area contributed by atoms with Gasteiger partial charge < -0.3 is 15.5 Å². The van der Waals surface area contributed by atoms with Crippen molar-refractivity contribution in [2.75, 3.05) is 31.2 Å². The highest BCUT2D eigenvalue weighted by Crippen LogP contribution is 2.59. The van der Waals surface area contributed by atoms with E-state index in [-0.39, 0.29) is 41.5 Å². The first-order valence-corrected chi connectivity index (χ1v) is 19.2. The lowest BCUT2D eigenvalue weighted by Crippen LogP contribution is -2.49. The van der Waals surface area contributed by atoms with Gasteiger partial charge in [-0.05, 0) is 81.1 Å². The van der Waals surface area contributed by atoms with E-state index in [0.717, 1.165) is 60.7 Å². The van der Waals surface area contributed by atoms with Crippen molar-refractivity contribution in [1.29, 1.82) is 0 Å². The van der Waals surface area contributed by atoms with E-state index in [1.54, 1.807) is 22.0 Å². The summed E-state index contributed by atoms with van der Waals surface area (Å²) in [4.78, 5) is 64.1. The third-order valence-electron chi connectivity index (χ3n) is 9.58. The Morgan fingerprint density at radius 3 is 2.43 bits per heavy atom. The molecule has 2 aromatic heterocycles. The number of nitrogens with zero attached hydrogens (tertiary/aromatic N) is 5. The van der Waals surface area contributed by atoms with Crippen molar-refractivity contribution in [2.45, 2.75) is 83.8 Å². The molecule has 46 heavy (non-hydrogen) atoms. The average molecular weight is 648 g/mol. The molecule has 3 aliphatic rings. The van der Waals surface area contributed by atoms with Gasteiger partial charge in [0.2, 0.25) is 17.7 Å². The number of piperidine rings is 1. The summed E-state index contributed by atoms with van der Waals surface area (Å²) in [6.07, 6.45) is 16.0.